The molecule has 6 heteroatoms. The Morgan fingerprint density at radius 1 is 0.923 bits per heavy atom. The molecule has 3 rings (SSSR count). The summed E-state index contributed by atoms with van der Waals surface area (Å²) in [6.45, 7) is 0. The fourth-order valence-corrected chi connectivity index (χ4v) is 2.21. The Bertz CT molecular complexity index is 940. The van der Waals surface area contributed by atoms with Crippen molar-refractivity contribution in [2.45, 2.75) is 0 Å². The zero-order valence-electron chi connectivity index (χ0n) is 13.7. The number of ether oxygens (including phenoxy) is 1. The van der Waals surface area contributed by atoms with Gasteiger partial charge in [-0.1, -0.05) is 30.3 Å². The smallest absolute Gasteiger partial charge is 0.275 e. The normalized spacial score (nSPS) is 10.6. The molecule has 0 atom stereocenters. The van der Waals surface area contributed by atoms with Crippen LogP contribution in [-0.4, -0.2) is 22.3 Å². The molecule has 0 saturated heterocycles. The zero-order valence-corrected chi connectivity index (χ0v) is 13.7. The largest absolute Gasteiger partial charge is 0.507 e. The molecule has 0 aliphatic rings. The van der Waals surface area contributed by atoms with E-state index >= 15 is 0 Å². The molecule has 0 aliphatic carbocycles. The molecule has 0 aromatic heterocycles. The molecule has 3 aromatic rings. The van der Waals surface area contributed by atoms with Crippen molar-refractivity contribution in [1.82, 2.24) is 5.43 Å². The molecule has 6 nitrogen and oxygen atoms in total. The number of hydrogen-bond acceptors (Lipinski definition) is 5. The van der Waals surface area contributed by atoms with E-state index in [2.05, 4.69) is 10.5 Å². The maximum Gasteiger partial charge on any atom is 0.275 e. The predicted octanol–water partition coefficient (Wildman–Crippen LogP) is 3.65. The highest BCUT2D eigenvalue weighted by Crippen LogP contribution is 2.30. The summed E-state index contributed by atoms with van der Waals surface area (Å²) in [6, 6.07) is 20.0. The van der Waals surface area contributed by atoms with E-state index in [1.54, 1.807) is 36.4 Å². The highest BCUT2D eigenvalue weighted by Gasteiger charge is 2.09. The van der Waals surface area contributed by atoms with E-state index in [1.165, 1.54) is 24.4 Å². The maximum absolute atomic E-state index is 11.9. The molecular formula is C20H16N2O4. The number of hydrogen-bond donors (Lipinski definition) is 3. The van der Waals surface area contributed by atoms with Crippen LogP contribution in [0.25, 0.3) is 0 Å². The van der Waals surface area contributed by atoms with Crippen LogP contribution in [0, 0.1) is 0 Å². The van der Waals surface area contributed by atoms with Gasteiger partial charge in [0.2, 0.25) is 0 Å². The first kappa shape index (κ1) is 17.0. The number of phenolic OH excluding ortho intramolecular Hbond substituents is 2. The first-order valence-electron chi connectivity index (χ1n) is 7.81. The summed E-state index contributed by atoms with van der Waals surface area (Å²) in [5.41, 5.74) is 3.01. The van der Waals surface area contributed by atoms with Gasteiger partial charge in [-0.15, -0.1) is 0 Å². The number of benzene rings is 3. The van der Waals surface area contributed by atoms with Crippen LogP contribution in [0.4, 0.5) is 0 Å². The third-order valence-corrected chi connectivity index (χ3v) is 3.48. The molecular weight excluding hydrogens is 332 g/mol. The van der Waals surface area contributed by atoms with Gasteiger partial charge in [0.05, 0.1) is 11.8 Å². The fraction of sp³-hybridized carbons (Fsp3) is 0. The lowest BCUT2D eigenvalue weighted by molar-refractivity contribution is 0.0952. The van der Waals surface area contributed by atoms with Gasteiger partial charge in [-0.25, -0.2) is 5.43 Å². The van der Waals surface area contributed by atoms with Gasteiger partial charge in [0.15, 0.2) is 11.5 Å². The first-order chi connectivity index (χ1) is 12.6. The van der Waals surface area contributed by atoms with E-state index in [1.807, 2.05) is 18.2 Å². The Balaban J connectivity index is 1.65. The summed E-state index contributed by atoms with van der Waals surface area (Å²) in [5, 5.41) is 23.5. The number of aromatic hydroxyl groups is 2. The topological polar surface area (TPSA) is 91.2 Å². The number of amides is 1. The highest BCUT2D eigenvalue weighted by atomic mass is 16.5. The van der Waals surface area contributed by atoms with Crippen LogP contribution in [-0.2, 0) is 0 Å². The number of carbonyl (C=O) groups excluding carboxylic acids is 1. The number of carbonyl (C=O) groups is 1. The number of rotatable bonds is 5. The van der Waals surface area contributed by atoms with E-state index in [0.717, 1.165) is 0 Å². The van der Waals surface area contributed by atoms with Crippen molar-refractivity contribution in [2.24, 2.45) is 5.10 Å². The minimum Gasteiger partial charge on any atom is -0.507 e. The quantitative estimate of drug-likeness (QED) is 0.485. The lowest BCUT2D eigenvalue weighted by Gasteiger charge is -2.07. The number of nitrogens with zero attached hydrogens (tertiary/aromatic N) is 1. The van der Waals surface area contributed by atoms with E-state index in [-0.39, 0.29) is 17.1 Å². The van der Waals surface area contributed by atoms with Crippen LogP contribution in [0.5, 0.6) is 23.0 Å². The van der Waals surface area contributed by atoms with Gasteiger partial charge in [-0.2, -0.15) is 5.10 Å². The summed E-state index contributed by atoms with van der Waals surface area (Å²) in [5.74, 6) is 0.212. The van der Waals surface area contributed by atoms with Crippen LogP contribution in [0.1, 0.15) is 15.9 Å². The lowest BCUT2D eigenvalue weighted by atomic mass is 10.2. The minimum absolute atomic E-state index is 0.0511. The van der Waals surface area contributed by atoms with Gasteiger partial charge >= 0.3 is 0 Å². The van der Waals surface area contributed by atoms with Crippen molar-refractivity contribution in [3.63, 3.8) is 0 Å². The number of nitrogens with one attached hydrogen (secondary N) is 1. The molecule has 0 unspecified atom stereocenters. The Labute approximate surface area is 150 Å². The molecule has 26 heavy (non-hydrogen) atoms. The number of para-hydroxylation sites is 2. The monoisotopic (exact) mass is 348 g/mol. The van der Waals surface area contributed by atoms with Crippen LogP contribution < -0.4 is 10.2 Å². The molecule has 3 N–H and O–H groups in total. The predicted molar refractivity (Wildman–Crippen MR) is 97.8 cm³/mol. The molecule has 0 spiro atoms. The second-order valence-electron chi connectivity index (χ2n) is 5.36. The third-order valence-electron chi connectivity index (χ3n) is 3.48. The van der Waals surface area contributed by atoms with Crippen LogP contribution >= 0.6 is 0 Å². The summed E-state index contributed by atoms with van der Waals surface area (Å²) >= 11 is 0. The van der Waals surface area contributed by atoms with Crippen LogP contribution in [0.2, 0.25) is 0 Å². The average Bonchev–Trinajstić information content (AvgIpc) is 2.65. The van der Waals surface area contributed by atoms with Gasteiger partial charge in [0, 0.05) is 0 Å². The van der Waals surface area contributed by atoms with Crippen molar-refractivity contribution in [1.29, 1.82) is 0 Å². The summed E-state index contributed by atoms with van der Waals surface area (Å²) in [6.07, 6.45) is 1.38. The molecule has 3 aromatic carbocycles. The molecule has 0 fully saturated rings. The van der Waals surface area contributed by atoms with Gasteiger partial charge in [-0.3, -0.25) is 4.79 Å². The second kappa shape index (κ2) is 7.85. The molecule has 130 valence electrons. The standard InChI is InChI=1S/C20H16N2O4/c23-17-9-5-4-8-16(17)20(25)22-21-13-14-10-11-19(18(24)12-14)26-15-6-2-1-3-7-15/h1-13,23-24H,(H,22,25)/b21-13+. The van der Waals surface area contributed by atoms with Gasteiger partial charge in [-0.05, 0) is 48.0 Å². The van der Waals surface area contributed by atoms with E-state index < -0.39 is 5.91 Å². The highest BCUT2D eigenvalue weighted by molar-refractivity contribution is 5.97. The molecule has 0 saturated carbocycles. The number of hydrazone groups is 1. The molecule has 0 bridgehead atoms. The van der Waals surface area contributed by atoms with Gasteiger partial charge in [0.1, 0.15) is 11.5 Å². The Morgan fingerprint density at radius 3 is 2.38 bits per heavy atom. The van der Waals surface area contributed by atoms with E-state index in [4.69, 9.17) is 4.74 Å². The molecule has 1 amide bonds. The molecule has 0 aliphatic heterocycles. The number of phenols is 2. The van der Waals surface area contributed by atoms with Crippen molar-refractivity contribution >= 4 is 12.1 Å². The van der Waals surface area contributed by atoms with E-state index in [0.29, 0.717) is 17.1 Å². The SMILES string of the molecule is O=C(N/N=C/c1ccc(Oc2ccccc2)c(O)c1)c1ccccc1O. The van der Waals surface area contributed by atoms with Crippen LogP contribution in [0.3, 0.4) is 0 Å². The second-order valence-corrected chi connectivity index (χ2v) is 5.36. The van der Waals surface area contributed by atoms with Crippen molar-refractivity contribution < 1.29 is 19.7 Å². The molecule has 0 heterocycles. The zero-order chi connectivity index (χ0) is 18.4. The summed E-state index contributed by atoms with van der Waals surface area (Å²) < 4.78 is 5.59. The molecule has 0 radical (unpaired) electrons. The lowest BCUT2D eigenvalue weighted by Crippen LogP contribution is -2.17. The Hall–Kier alpha value is -3.80. The third kappa shape index (κ3) is 4.18. The van der Waals surface area contributed by atoms with Crippen molar-refractivity contribution in [2.75, 3.05) is 0 Å². The Morgan fingerprint density at radius 2 is 1.65 bits per heavy atom. The summed E-state index contributed by atoms with van der Waals surface area (Å²) in [4.78, 5) is 11.9. The van der Waals surface area contributed by atoms with Crippen LogP contribution in [0.15, 0.2) is 77.9 Å². The summed E-state index contributed by atoms with van der Waals surface area (Å²) in [7, 11) is 0. The first-order valence-corrected chi connectivity index (χ1v) is 7.81. The van der Waals surface area contributed by atoms with Gasteiger partial charge in [0.25, 0.3) is 5.91 Å². The maximum atomic E-state index is 11.9. The van der Waals surface area contributed by atoms with Gasteiger partial charge < -0.3 is 14.9 Å². The minimum atomic E-state index is -0.535. The van der Waals surface area contributed by atoms with Crippen molar-refractivity contribution in [3.8, 4) is 23.0 Å². The average molecular weight is 348 g/mol. The Kier molecular flexibility index (Phi) is 5.14. The van der Waals surface area contributed by atoms with E-state index in [9.17, 15) is 15.0 Å². The fourth-order valence-electron chi connectivity index (χ4n) is 2.21. The van der Waals surface area contributed by atoms with Crippen molar-refractivity contribution in [3.05, 3.63) is 83.9 Å².